The molecule has 2 rings (SSSR count). The predicted octanol–water partition coefficient (Wildman–Crippen LogP) is 3.29. The average molecular weight is 250 g/mol. The Morgan fingerprint density at radius 1 is 1.29 bits per heavy atom. The molecule has 0 amide bonds. The van der Waals surface area contributed by atoms with E-state index in [9.17, 15) is 0 Å². The van der Waals surface area contributed by atoms with Gasteiger partial charge in [0.05, 0.1) is 12.2 Å². The molecule has 0 saturated carbocycles. The van der Waals surface area contributed by atoms with Crippen LogP contribution in [0, 0.1) is 0 Å². The maximum atomic E-state index is 6.17. The van der Waals surface area contributed by atoms with Gasteiger partial charge in [0, 0.05) is 0 Å². The van der Waals surface area contributed by atoms with E-state index in [1.54, 1.807) is 4.68 Å². The van der Waals surface area contributed by atoms with Crippen molar-refractivity contribution in [3.63, 3.8) is 0 Å². The lowest BCUT2D eigenvalue weighted by Crippen LogP contribution is -2.06. The molecule has 90 valence electrons. The fourth-order valence-electron chi connectivity index (χ4n) is 1.72. The maximum absolute atomic E-state index is 6.17. The van der Waals surface area contributed by atoms with Crippen LogP contribution in [0.25, 0.3) is 0 Å². The number of hydrogen-bond acceptors (Lipinski definition) is 2. The Morgan fingerprint density at radius 3 is 2.47 bits per heavy atom. The number of nitrogen functional groups attached to an aromatic ring is 1. The smallest absolute Gasteiger partial charge is 0.141 e. The van der Waals surface area contributed by atoms with Gasteiger partial charge in [0.15, 0.2) is 0 Å². The highest BCUT2D eigenvalue weighted by Crippen LogP contribution is 2.28. The van der Waals surface area contributed by atoms with Crippen LogP contribution in [0.4, 0.5) is 5.82 Å². The van der Waals surface area contributed by atoms with Crippen molar-refractivity contribution in [1.29, 1.82) is 0 Å². The highest BCUT2D eigenvalue weighted by molar-refractivity contribution is 6.33. The molecule has 4 heteroatoms. The Bertz CT molecular complexity index is 503. The molecule has 1 aromatic carbocycles. The lowest BCUT2D eigenvalue weighted by atomic mass is 10.1. The Balaban J connectivity index is 2.31. The summed E-state index contributed by atoms with van der Waals surface area (Å²) in [5.74, 6) is 0.820. The van der Waals surface area contributed by atoms with E-state index in [-0.39, 0.29) is 5.92 Å². The number of nitrogens with two attached hydrogens (primary N) is 1. The van der Waals surface area contributed by atoms with Crippen LogP contribution in [0.3, 0.4) is 0 Å². The zero-order valence-corrected chi connectivity index (χ0v) is 10.8. The van der Waals surface area contributed by atoms with Gasteiger partial charge in [-0.05, 0) is 11.5 Å². The second-order valence-electron chi connectivity index (χ2n) is 4.38. The number of benzene rings is 1. The maximum Gasteiger partial charge on any atom is 0.141 e. The van der Waals surface area contributed by atoms with E-state index in [1.165, 1.54) is 0 Å². The second kappa shape index (κ2) is 4.80. The number of anilines is 1. The van der Waals surface area contributed by atoms with Gasteiger partial charge in [-0.2, -0.15) is 5.10 Å². The third-order valence-corrected chi connectivity index (χ3v) is 3.07. The molecule has 2 aromatic rings. The predicted molar refractivity (Wildman–Crippen MR) is 71.3 cm³/mol. The summed E-state index contributed by atoms with van der Waals surface area (Å²) in [4.78, 5) is 0. The molecular weight excluding hydrogens is 234 g/mol. The number of nitrogens with zero attached hydrogens (tertiary/aromatic N) is 2. The molecule has 0 aliphatic carbocycles. The molecule has 3 nitrogen and oxygen atoms in total. The fourth-order valence-corrected chi connectivity index (χ4v) is 2.07. The standard InChI is InChI=1S/C13H16ClN3/c1-9(2)12-11(14)13(15)17(16-12)8-10-6-4-3-5-7-10/h3-7,9H,8,15H2,1-2H3. The molecule has 0 radical (unpaired) electrons. The normalized spacial score (nSPS) is 11.1. The first-order valence-electron chi connectivity index (χ1n) is 5.65. The zero-order chi connectivity index (χ0) is 12.4. The fraction of sp³-hybridized carbons (Fsp3) is 0.308. The molecule has 0 aliphatic heterocycles. The van der Waals surface area contributed by atoms with Crippen molar-refractivity contribution >= 4 is 17.4 Å². The molecule has 0 aliphatic rings. The Kier molecular flexibility index (Phi) is 3.38. The summed E-state index contributed by atoms with van der Waals surface area (Å²) in [6, 6.07) is 10.1. The van der Waals surface area contributed by atoms with Gasteiger partial charge in [-0.3, -0.25) is 0 Å². The first kappa shape index (κ1) is 12.0. The van der Waals surface area contributed by atoms with Gasteiger partial charge in [0.25, 0.3) is 0 Å². The largest absolute Gasteiger partial charge is 0.383 e. The van der Waals surface area contributed by atoms with Crippen LogP contribution in [0.15, 0.2) is 30.3 Å². The molecule has 2 N–H and O–H groups in total. The highest BCUT2D eigenvalue weighted by atomic mass is 35.5. The van der Waals surface area contributed by atoms with Crippen molar-refractivity contribution in [3.8, 4) is 0 Å². The van der Waals surface area contributed by atoms with Gasteiger partial charge >= 0.3 is 0 Å². The summed E-state index contributed by atoms with van der Waals surface area (Å²) in [6.45, 7) is 4.76. The van der Waals surface area contributed by atoms with Gasteiger partial charge in [-0.25, -0.2) is 4.68 Å². The molecule has 0 fully saturated rings. The Hall–Kier alpha value is -1.48. The van der Waals surface area contributed by atoms with Crippen LogP contribution < -0.4 is 5.73 Å². The van der Waals surface area contributed by atoms with Crippen LogP contribution in [0.1, 0.15) is 31.0 Å². The van der Waals surface area contributed by atoms with E-state index in [1.807, 2.05) is 30.3 Å². The topological polar surface area (TPSA) is 43.8 Å². The Labute approximate surface area is 106 Å². The molecule has 1 aromatic heterocycles. The molecule has 0 saturated heterocycles. The first-order chi connectivity index (χ1) is 8.09. The van der Waals surface area contributed by atoms with Crippen LogP contribution in [0.2, 0.25) is 5.02 Å². The molecule has 0 unspecified atom stereocenters. The van der Waals surface area contributed by atoms with E-state index in [4.69, 9.17) is 17.3 Å². The minimum atomic E-state index is 0.279. The van der Waals surface area contributed by atoms with E-state index in [2.05, 4.69) is 18.9 Å². The summed E-state index contributed by atoms with van der Waals surface area (Å²) in [6.07, 6.45) is 0. The molecule has 0 atom stereocenters. The lowest BCUT2D eigenvalue weighted by Gasteiger charge is -2.03. The number of rotatable bonds is 3. The summed E-state index contributed by atoms with van der Waals surface area (Å²) in [5.41, 5.74) is 7.98. The van der Waals surface area contributed by atoms with Crippen LogP contribution >= 0.6 is 11.6 Å². The highest BCUT2D eigenvalue weighted by Gasteiger charge is 2.16. The monoisotopic (exact) mass is 249 g/mol. The first-order valence-corrected chi connectivity index (χ1v) is 6.03. The van der Waals surface area contributed by atoms with E-state index in [0.29, 0.717) is 17.4 Å². The summed E-state index contributed by atoms with van der Waals surface area (Å²) >= 11 is 6.17. The van der Waals surface area contributed by atoms with E-state index >= 15 is 0 Å². The van der Waals surface area contributed by atoms with Gasteiger partial charge in [-0.15, -0.1) is 0 Å². The van der Waals surface area contributed by atoms with Gasteiger partial charge in [0.2, 0.25) is 0 Å². The summed E-state index contributed by atoms with van der Waals surface area (Å²) < 4.78 is 1.76. The lowest BCUT2D eigenvalue weighted by molar-refractivity contribution is 0.664. The van der Waals surface area contributed by atoms with Gasteiger partial charge < -0.3 is 5.73 Å². The summed E-state index contributed by atoms with van der Waals surface area (Å²) in [5, 5.41) is 5.04. The SMILES string of the molecule is CC(C)c1nn(Cc2ccccc2)c(N)c1Cl. The van der Waals surface area contributed by atoms with Crippen molar-refractivity contribution in [2.45, 2.75) is 26.3 Å². The third-order valence-electron chi connectivity index (χ3n) is 2.68. The minimum absolute atomic E-state index is 0.279. The average Bonchev–Trinajstić information content (AvgIpc) is 2.59. The van der Waals surface area contributed by atoms with Crippen LogP contribution in [-0.2, 0) is 6.54 Å². The number of halogens is 1. The van der Waals surface area contributed by atoms with Crippen molar-refractivity contribution < 1.29 is 0 Å². The van der Waals surface area contributed by atoms with Crippen molar-refractivity contribution in [1.82, 2.24) is 9.78 Å². The summed E-state index contributed by atoms with van der Waals surface area (Å²) in [7, 11) is 0. The zero-order valence-electron chi connectivity index (χ0n) is 10.0. The molecule has 1 heterocycles. The van der Waals surface area contributed by atoms with Gasteiger partial charge in [-0.1, -0.05) is 55.8 Å². The van der Waals surface area contributed by atoms with E-state index in [0.717, 1.165) is 11.3 Å². The molecular formula is C13H16ClN3. The molecule has 0 bridgehead atoms. The Morgan fingerprint density at radius 2 is 1.94 bits per heavy atom. The second-order valence-corrected chi connectivity index (χ2v) is 4.76. The number of hydrogen-bond donors (Lipinski definition) is 1. The van der Waals surface area contributed by atoms with Crippen molar-refractivity contribution in [2.24, 2.45) is 0 Å². The molecule has 17 heavy (non-hydrogen) atoms. The quantitative estimate of drug-likeness (QED) is 0.907. The third kappa shape index (κ3) is 2.44. The molecule has 0 spiro atoms. The van der Waals surface area contributed by atoms with Crippen LogP contribution in [-0.4, -0.2) is 9.78 Å². The van der Waals surface area contributed by atoms with Crippen LogP contribution in [0.5, 0.6) is 0 Å². The van der Waals surface area contributed by atoms with Gasteiger partial charge in [0.1, 0.15) is 10.8 Å². The van der Waals surface area contributed by atoms with Crippen molar-refractivity contribution in [3.05, 3.63) is 46.6 Å². The van der Waals surface area contributed by atoms with E-state index < -0.39 is 0 Å². The van der Waals surface area contributed by atoms with Crippen molar-refractivity contribution in [2.75, 3.05) is 5.73 Å². The number of aromatic nitrogens is 2. The minimum Gasteiger partial charge on any atom is -0.383 e.